The Morgan fingerprint density at radius 2 is 2.06 bits per heavy atom. The highest BCUT2D eigenvalue weighted by molar-refractivity contribution is 6.39. The van der Waals surface area contributed by atoms with Gasteiger partial charge in [-0.05, 0) is 12.1 Å². The molecule has 0 saturated heterocycles. The average molecular weight is 252 g/mol. The molecule has 0 atom stereocenters. The fraction of sp³-hybridized carbons (Fsp3) is 0.167. The van der Waals surface area contributed by atoms with E-state index in [0.29, 0.717) is 0 Å². The maximum absolute atomic E-state index is 13.2. The van der Waals surface area contributed by atoms with Crippen molar-refractivity contribution < 1.29 is 18.7 Å². The standard InChI is InChI=1S/C12H13FN2O3/c1-2-18-8-7-14-11(16)12(17)15-10-6-4-3-5-9(10)13/h2-6H,1,7-8H2,(H,14,16)(H,15,17). The number of anilines is 1. The summed E-state index contributed by atoms with van der Waals surface area (Å²) in [5.41, 5.74) is -0.0417. The van der Waals surface area contributed by atoms with E-state index in [1.165, 1.54) is 24.5 Å². The van der Waals surface area contributed by atoms with Gasteiger partial charge >= 0.3 is 11.8 Å². The topological polar surface area (TPSA) is 67.4 Å². The number of carbonyl (C=O) groups is 2. The molecule has 1 rings (SSSR count). The van der Waals surface area contributed by atoms with E-state index in [0.717, 1.165) is 0 Å². The summed E-state index contributed by atoms with van der Waals surface area (Å²) in [5.74, 6) is -2.39. The molecule has 0 spiro atoms. The van der Waals surface area contributed by atoms with Gasteiger partial charge in [0.1, 0.15) is 12.4 Å². The summed E-state index contributed by atoms with van der Waals surface area (Å²) in [7, 11) is 0. The van der Waals surface area contributed by atoms with E-state index in [2.05, 4.69) is 17.2 Å². The van der Waals surface area contributed by atoms with Gasteiger partial charge in [-0.1, -0.05) is 18.7 Å². The summed E-state index contributed by atoms with van der Waals surface area (Å²) < 4.78 is 17.9. The van der Waals surface area contributed by atoms with Gasteiger partial charge in [0.15, 0.2) is 0 Å². The molecule has 1 aromatic carbocycles. The summed E-state index contributed by atoms with van der Waals surface area (Å²) in [5, 5.41) is 4.47. The molecule has 6 heteroatoms. The number of amides is 2. The molecule has 0 bridgehead atoms. The third-order valence-electron chi connectivity index (χ3n) is 1.95. The van der Waals surface area contributed by atoms with Crippen molar-refractivity contribution in [1.82, 2.24) is 5.32 Å². The summed E-state index contributed by atoms with van der Waals surface area (Å²) >= 11 is 0. The van der Waals surface area contributed by atoms with Crippen molar-refractivity contribution in [2.45, 2.75) is 0 Å². The zero-order chi connectivity index (χ0) is 13.4. The molecule has 0 unspecified atom stereocenters. The third-order valence-corrected chi connectivity index (χ3v) is 1.95. The Balaban J connectivity index is 2.43. The Morgan fingerprint density at radius 3 is 2.72 bits per heavy atom. The molecule has 1 aromatic rings. The molecule has 0 heterocycles. The molecule has 2 amide bonds. The lowest BCUT2D eigenvalue weighted by Gasteiger charge is -2.06. The zero-order valence-corrected chi connectivity index (χ0v) is 9.61. The van der Waals surface area contributed by atoms with Crippen LogP contribution in [0.4, 0.5) is 10.1 Å². The maximum atomic E-state index is 13.2. The van der Waals surface area contributed by atoms with Crippen LogP contribution in [0.2, 0.25) is 0 Å². The number of ether oxygens (including phenoxy) is 1. The minimum absolute atomic E-state index is 0.0417. The predicted octanol–water partition coefficient (Wildman–Crippen LogP) is 1.04. The van der Waals surface area contributed by atoms with Gasteiger partial charge in [0.2, 0.25) is 0 Å². The molecule has 96 valence electrons. The Labute approximate surface area is 104 Å². The molecular formula is C12H13FN2O3. The molecule has 5 nitrogen and oxygen atoms in total. The first kappa shape index (κ1) is 13.7. The highest BCUT2D eigenvalue weighted by Gasteiger charge is 2.14. The summed E-state index contributed by atoms with van der Waals surface area (Å²) in [4.78, 5) is 22.7. The number of hydrogen-bond donors (Lipinski definition) is 2. The molecule has 0 aliphatic heterocycles. The van der Waals surface area contributed by atoms with E-state index in [9.17, 15) is 14.0 Å². The van der Waals surface area contributed by atoms with Gasteiger partial charge < -0.3 is 15.4 Å². The van der Waals surface area contributed by atoms with Crippen LogP contribution in [0, 0.1) is 5.82 Å². The molecule has 0 fully saturated rings. The van der Waals surface area contributed by atoms with Gasteiger partial charge in [0, 0.05) is 0 Å². The summed E-state index contributed by atoms with van der Waals surface area (Å²) in [6.45, 7) is 3.69. The van der Waals surface area contributed by atoms with Gasteiger partial charge in [-0.25, -0.2) is 4.39 Å². The van der Waals surface area contributed by atoms with Gasteiger partial charge in [-0.3, -0.25) is 9.59 Å². The number of rotatable bonds is 5. The van der Waals surface area contributed by atoms with Crippen LogP contribution in [0.1, 0.15) is 0 Å². The Morgan fingerprint density at radius 1 is 1.33 bits per heavy atom. The van der Waals surface area contributed by atoms with Crippen molar-refractivity contribution in [2.75, 3.05) is 18.5 Å². The Kier molecular flexibility index (Phi) is 5.37. The minimum atomic E-state index is -0.932. The molecule has 2 N–H and O–H groups in total. The number of para-hydroxylation sites is 1. The first-order valence-electron chi connectivity index (χ1n) is 5.21. The van der Waals surface area contributed by atoms with E-state index >= 15 is 0 Å². The molecule has 0 aliphatic carbocycles. The van der Waals surface area contributed by atoms with Crippen LogP contribution in [-0.4, -0.2) is 25.0 Å². The second-order valence-electron chi connectivity index (χ2n) is 3.23. The van der Waals surface area contributed by atoms with Crippen LogP contribution in [0.5, 0.6) is 0 Å². The molecular weight excluding hydrogens is 239 g/mol. The van der Waals surface area contributed by atoms with Gasteiger partial charge in [-0.2, -0.15) is 0 Å². The summed E-state index contributed by atoms with van der Waals surface area (Å²) in [6.07, 6.45) is 1.23. The van der Waals surface area contributed by atoms with Gasteiger partial charge in [0.05, 0.1) is 18.5 Å². The normalized spacial score (nSPS) is 9.39. The number of hydrogen-bond acceptors (Lipinski definition) is 3. The SMILES string of the molecule is C=COCCNC(=O)C(=O)Nc1ccccc1F. The number of halogens is 1. The van der Waals surface area contributed by atoms with Crippen molar-refractivity contribution in [3.8, 4) is 0 Å². The third kappa shape index (κ3) is 4.25. The summed E-state index contributed by atoms with van der Waals surface area (Å²) in [6, 6.07) is 5.58. The zero-order valence-electron chi connectivity index (χ0n) is 9.61. The highest BCUT2D eigenvalue weighted by Crippen LogP contribution is 2.11. The monoisotopic (exact) mass is 252 g/mol. The van der Waals surface area contributed by atoms with Crippen LogP contribution in [0.3, 0.4) is 0 Å². The first-order valence-corrected chi connectivity index (χ1v) is 5.21. The Hall–Kier alpha value is -2.37. The van der Waals surface area contributed by atoms with Crippen molar-refractivity contribution in [1.29, 1.82) is 0 Å². The molecule has 0 saturated carbocycles. The van der Waals surface area contributed by atoms with E-state index in [-0.39, 0.29) is 18.8 Å². The number of nitrogens with one attached hydrogen (secondary N) is 2. The smallest absolute Gasteiger partial charge is 0.313 e. The van der Waals surface area contributed by atoms with E-state index < -0.39 is 17.6 Å². The average Bonchev–Trinajstić information content (AvgIpc) is 2.37. The fourth-order valence-corrected chi connectivity index (χ4v) is 1.13. The van der Waals surface area contributed by atoms with Crippen molar-refractivity contribution in [2.24, 2.45) is 0 Å². The predicted molar refractivity (Wildman–Crippen MR) is 64.2 cm³/mol. The molecule has 0 aliphatic rings. The van der Waals surface area contributed by atoms with E-state index in [1.54, 1.807) is 6.07 Å². The van der Waals surface area contributed by atoms with Crippen molar-refractivity contribution in [3.05, 3.63) is 42.9 Å². The number of benzene rings is 1. The van der Waals surface area contributed by atoms with Gasteiger partial charge in [0.25, 0.3) is 0 Å². The van der Waals surface area contributed by atoms with Gasteiger partial charge in [-0.15, -0.1) is 0 Å². The number of carbonyl (C=O) groups excluding carboxylic acids is 2. The van der Waals surface area contributed by atoms with E-state index in [4.69, 9.17) is 4.74 Å². The van der Waals surface area contributed by atoms with Crippen molar-refractivity contribution >= 4 is 17.5 Å². The van der Waals surface area contributed by atoms with E-state index in [1.807, 2.05) is 0 Å². The minimum Gasteiger partial charge on any atom is -0.500 e. The maximum Gasteiger partial charge on any atom is 0.313 e. The first-order chi connectivity index (χ1) is 8.65. The second kappa shape index (κ2) is 7.05. The highest BCUT2D eigenvalue weighted by atomic mass is 19.1. The second-order valence-corrected chi connectivity index (χ2v) is 3.23. The molecule has 0 aromatic heterocycles. The lowest BCUT2D eigenvalue weighted by Crippen LogP contribution is -2.37. The lowest BCUT2D eigenvalue weighted by atomic mass is 10.3. The molecule has 18 heavy (non-hydrogen) atoms. The quantitative estimate of drug-likeness (QED) is 0.467. The lowest BCUT2D eigenvalue weighted by molar-refractivity contribution is -0.136. The largest absolute Gasteiger partial charge is 0.500 e. The van der Waals surface area contributed by atoms with Crippen LogP contribution in [0.15, 0.2) is 37.1 Å². The van der Waals surface area contributed by atoms with Crippen LogP contribution >= 0.6 is 0 Å². The van der Waals surface area contributed by atoms with Crippen LogP contribution in [0.25, 0.3) is 0 Å². The molecule has 0 radical (unpaired) electrons. The fourth-order valence-electron chi connectivity index (χ4n) is 1.13. The van der Waals surface area contributed by atoms with Crippen LogP contribution < -0.4 is 10.6 Å². The van der Waals surface area contributed by atoms with Crippen molar-refractivity contribution in [3.63, 3.8) is 0 Å². The van der Waals surface area contributed by atoms with Crippen LogP contribution in [-0.2, 0) is 14.3 Å². The Bertz CT molecular complexity index is 449.